The Bertz CT molecular complexity index is 1770. The Labute approximate surface area is 220 Å². The van der Waals surface area contributed by atoms with Gasteiger partial charge < -0.3 is 18.8 Å². The highest BCUT2D eigenvalue weighted by Gasteiger charge is 2.21. The first-order valence-electron chi connectivity index (χ1n) is 11.6. The van der Waals surface area contributed by atoms with E-state index in [1.54, 1.807) is 68.4 Å². The first kappa shape index (κ1) is 25.0. The number of nitrogens with one attached hydrogen (secondary N) is 1. The van der Waals surface area contributed by atoms with Crippen molar-refractivity contribution < 1.29 is 28.4 Å². The molecule has 2 aromatic heterocycles. The highest BCUT2D eigenvalue weighted by molar-refractivity contribution is 6.31. The number of rotatable bonds is 6. The number of anilines is 1. The normalized spacial score (nSPS) is 12.0. The van der Waals surface area contributed by atoms with E-state index in [0.717, 1.165) is 0 Å². The second-order valence-electron chi connectivity index (χ2n) is 8.72. The summed E-state index contributed by atoms with van der Waals surface area (Å²) in [6, 6.07) is 17.1. The number of carbonyl (C=O) groups excluding carboxylic acids is 1. The monoisotopic (exact) mass is 532 g/mol. The third-order valence-electron chi connectivity index (χ3n) is 6.11. The molecule has 0 aliphatic carbocycles. The molecule has 0 aliphatic heterocycles. The van der Waals surface area contributed by atoms with Gasteiger partial charge in [-0.2, -0.15) is 0 Å². The van der Waals surface area contributed by atoms with Crippen molar-refractivity contribution in [3.05, 3.63) is 92.9 Å². The number of fused-ring (bicyclic) bond motifs is 3. The molecule has 1 unspecified atom stereocenters. The Morgan fingerprint density at radius 3 is 2.61 bits per heavy atom. The lowest BCUT2D eigenvalue weighted by Gasteiger charge is -2.15. The summed E-state index contributed by atoms with van der Waals surface area (Å²) in [5, 5.41) is 17.8. The van der Waals surface area contributed by atoms with Crippen molar-refractivity contribution in [2.75, 3.05) is 5.32 Å². The Hall–Kier alpha value is -4.63. The number of carboxylic acids is 1. The molecule has 38 heavy (non-hydrogen) atoms. The first-order chi connectivity index (χ1) is 18.2. The molecular formula is C28H21ClN2O7. The van der Waals surface area contributed by atoms with Crippen LogP contribution in [0.15, 0.2) is 74.4 Å². The first-order valence-corrected chi connectivity index (χ1v) is 12.0. The SMILES string of the molecule is Cc1noc(-c2ccc3c(c2)oc(=O)c2cc(CC(=O)O)ccc23)c1NC(=O)OC(C)c1ccccc1Cl. The summed E-state index contributed by atoms with van der Waals surface area (Å²) in [5.74, 6) is -0.737. The highest BCUT2D eigenvalue weighted by atomic mass is 35.5. The quantitative estimate of drug-likeness (QED) is 0.187. The number of aryl methyl sites for hydroxylation is 1. The van der Waals surface area contributed by atoms with Gasteiger partial charge in [0.15, 0.2) is 5.76 Å². The number of nitrogens with zero attached hydrogens (tertiary/aromatic N) is 1. The predicted molar refractivity (Wildman–Crippen MR) is 142 cm³/mol. The van der Waals surface area contributed by atoms with Crippen LogP contribution >= 0.6 is 11.6 Å². The fraction of sp³-hybridized carbons (Fsp3) is 0.143. The molecule has 0 radical (unpaired) electrons. The van der Waals surface area contributed by atoms with Crippen molar-refractivity contribution in [2.24, 2.45) is 0 Å². The van der Waals surface area contributed by atoms with Gasteiger partial charge in [0.1, 0.15) is 23.1 Å². The van der Waals surface area contributed by atoms with E-state index in [9.17, 15) is 14.4 Å². The van der Waals surface area contributed by atoms with Gasteiger partial charge in [-0.3, -0.25) is 10.1 Å². The van der Waals surface area contributed by atoms with Crippen LogP contribution in [0, 0.1) is 6.92 Å². The Morgan fingerprint density at radius 1 is 1.08 bits per heavy atom. The zero-order valence-electron chi connectivity index (χ0n) is 20.3. The van der Waals surface area contributed by atoms with Gasteiger partial charge in [0, 0.05) is 21.5 Å². The van der Waals surface area contributed by atoms with E-state index < -0.39 is 23.8 Å². The third kappa shape index (κ3) is 4.83. The summed E-state index contributed by atoms with van der Waals surface area (Å²) in [7, 11) is 0. The molecular weight excluding hydrogens is 512 g/mol. The Morgan fingerprint density at radius 2 is 1.84 bits per heavy atom. The molecule has 3 aromatic carbocycles. The number of benzene rings is 3. The largest absolute Gasteiger partial charge is 0.481 e. The second-order valence-corrected chi connectivity index (χ2v) is 9.12. The number of ether oxygens (including phenoxy) is 1. The third-order valence-corrected chi connectivity index (χ3v) is 6.46. The van der Waals surface area contributed by atoms with Crippen molar-refractivity contribution in [3.63, 3.8) is 0 Å². The van der Waals surface area contributed by atoms with E-state index in [0.29, 0.717) is 49.4 Å². The minimum Gasteiger partial charge on any atom is -0.481 e. The summed E-state index contributed by atoms with van der Waals surface area (Å²) >= 11 is 6.21. The van der Waals surface area contributed by atoms with Gasteiger partial charge in [-0.25, -0.2) is 9.59 Å². The number of amides is 1. The number of hydrogen-bond donors (Lipinski definition) is 2. The van der Waals surface area contributed by atoms with Gasteiger partial charge in [0.2, 0.25) is 0 Å². The molecule has 10 heteroatoms. The van der Waals surface area contributed by atoms with Gasteiger partial charge in [0.05, 0.1) is 11.8 Å². The van der Waals surface area contributed by atoms with Crippen LogP contribution in [0.4, 0.5) is 10.5 Å². The number of halogens is 1. The maximum Gasteiger partial charge on any atom is 0.412 e. The zero-order chi connectivity index (χ0) is 27.0. The Kier molecular flexibility index (Phi) is 6.61. The lowest BCUT2D eigenvalue weighted by Crippen LogP contribution is -2.17. The second kappa shape index (κ2) is 10.0. The van der Waals surface area contributed by atoms with Crippen molar-refractivity contribution in [1.29, 1.82) is 0 Å². The molecule has 0 bridgehead atoms. The standard InChI is InChI=1S/C28H21ClN2O7/c1-14-25(30-28(35)36-15(2)18-5-3-4-6-22(18)29)26(38-31-14)17-8-10-20-19-9-7-16(12-24(32)33)11-21(19)27(34)37-23(20)13-17/h3-11,13,15H,12H2,1-2H3,(H,30,35)(H,32,33). The molecule has 0 fully saturated rings. The fourth-order valence-corrected chi connectivity index (χ4v) is 4.57. The molecule has 192 valence electrons. The lowest BCUT2D eigenvalue weighted by molar-refractivity contribution is -0.136. The van der Waals surface area contributed by atoms with Gasteiger partial charge in [-0.05, 0) is 49.1 Å². The Balaban J connectivity index is 1.46. The summed E-state index contributed by atoms with van der Waals surface area (Å²) < 4.78 is 16.5. The van der Waals surface area contributed by atoms with Gasteiger partial charge in [-0.1, -0.05) is 53.2 Å². The van der Waals surface area contributed by atoms with Crippen LogP contribution in [0.3, 0.4) is 0 Å². The number of aliphatic carboxylic acids is 1. The minimum atomic E-state index is -0.992. The molecule has 0 saturated heterocycles. The summed E-state index contributed by atoms with van der Waals surface area (Å²) in [6.45, 7) is 3.38. The molecule has 1 atom stereocenters. The summed E-state index contributed by atoms with van der Waals surface area (Å²) in [6.07, 6.45) is -1.53. The highest BCUT2D eigenvalue weighted by Crippen LogP contribution is 2.35. The number of aromatic nitrogens is 1. The van der Waals surface area contributed by atoms with Crippen molar-refractivity contribution in [2.45, 2.75) is 26.4 Å². The average Bonchev–Trinajstić information content (AvgIpc) is 3.23. The smallest absolute Gasteiger partial charge is 0.412 e. The van der Waals surface area contributed by atoms with Crippen LogP contribution in [0.5, 0.6) is 0 Å². The van der Waals surface area contributed by atoms with Crippen molar-refractivity contribution in [1.82, 2.24) is 5.16 Å². The number of hydrogen-bond acceptors (Lipinski definition) is 7. The van der Waals surface area contributed by atoms with E-state index in [2.05, 4.69) is 10.5 Å². The lowest BCUT2D eigenvalue weighted by atomic mass is 10.0. The molecule has 0 aliphatic rings. The van der Waals surface area contributed by atoms with Gasteiger partial charge >= 0.3 is 17.7 Å². The molecule has 1 amide bonds. The molecule has 0 saturated carbocycles. The van der Waals surface area contributed by atoms with E-state index in [-0.39, 0.29) is 17.6 Å². The van der Waals surface area contributed by atoms with E-state index >= 15 is 0 Å². The van der Waals surface area contributed by atoms with Gasteiger partial charge in [0.25, 0.3) is 0 Å². The summed E-state index contributed by atoms with van der Waals surface area (Å²) in [5.41, 5.74) is 2.10. The van der Waals surface area contributed by atoms with Crippen LogP contribution < -0.4 is 10.9 Å². The predicted octanol–water partition coefficient (Wildman–Crippen LogP) is 6.50. The molecule has 9 nitrogen and oxygen atoms in total. The van der Waals surface area contributed by atoms with Crippen LogP contribution in [0.2, 0.25) is 5.02 Å². The van der Waals surface area contributed by atoms with Crippen LogP contribution in [-0.2, 0) is 16.0 Å². The molecule has 0 spiro atoms. The fourth-order valence-electron chi connectivity index (χ4n) is 4.28. The molecule has 5 aromatic rings. The zero-order valence-corrected chi connectivity index (χ0v) is 21.0. The molecule has 2 N–H and O–H groups in total. The van der Waals surface area contributed by atoms with Crippen LogP contribution in [-0.4, -0.2) is 22.3 Å². The van der Waals surface area contributed by atoms with Crippen molar-refractivity contribution in [3.8, 4) is 11.3 Å². The maximum absolute atomic E-state index is 12.7. The van der Waals surface area contributed by atoms with E-state index in [4.69, 9.17) is 30.4 Å². The molecule has 5 rings (SSSR count). The van der Waals surface area contributed by atoms with E-state index in [1.807, 2.05) is 0 Å². The van der Waals surface area contributed by atoms with Crippen LogP contribution in [0.1, 0.15) is 29.8 Å². The topological polar surface area (TPSA) is 132 Å². The minimum absolute atomic E-state index is 0.202. The number of carbonyl (C=O) groups is 2. The van der Waals surface area contributed by atoms with Crippen LogP contribution in [0.25, 0.3) is 33.1 Å². The van der Waals surface area contributed by atoms with Gasteiger partial charge in [-0.15, -0.1) is 0 Å². The van der Waals surface area contributed by atoms with E-state index in [1.165, 1.54) is 6.07 Å². The molecule has 2 heterocycles. The number of carboxylic acid groups (broad SMARTS) is 1. The van der Waals surface area contributed by atoms with Crippen molar-refractivity contribution >= 4 is 51.1 Å². The maximum atomic E-state index is 12.7. The summed E-state index contributed by atoms with van der Waals surface area (Å²) in [4.78, 5) is 36.4. The average molecular weight is 533 g/mol.